The monoisotopic (exact) mass is 450 g/mol. The zero-order chi connectivity index (χ0) is 22.5. The molecule has 0 spiro atoms. The smallest absolute Gasteiger partial charge is 0.413 e. The molecule has 0 aromatic heterocycles. The van der Waals surface area contributed by atoms with Gasteiger partial charge in [0.15, 0.2) is 5.17 Å². The van der Waals surface area contributed by atoms with Gasteiger partial charge in [-0.15, -0.1) is 0 Å². The molecule has 9 nitrogen and oxygen atoms in total. The first kappa shape index (κ1) is 22.8. The molecule has 2 amide bonds. The number of hydrazine groups is 1. The summed E-state index contributed by atoms with van der Waals surface area (Å²) in [4.78, 5) is 40.2. The van der Waals surface area contributed by atoms with Gasteiger partial charge in [-0.05, 0) is 48.7 Å². The van der Waals surface area contributed by atoms with E-state index in [1.54, 1.807) is 13.8 Å². The number of hydrogen-bond donors (Lipinski definition) is 3. The standard InChI is InChI=1S/C20H23FN4O5S/c1-11(2)16(18(27)28)23-20(29)30-14-10-13(21)6-5-12(14)9-15-17(26)24-19(31-15)25-8-4-3-7-22-25/h5-6,9-11,16,22H,3-4,7-8H2,1-2H3,(H,23,29)(H,27,28)/t16-/m0/s1. The molecule has 3 rings (SSSR count). The summed E-state index contributed by atoms with van der Waals surface area (Å²) < 4.78 is 18.9. The van der Waals surface area contributed by atoms with Crippen molar-refractivity contribution in [2.24, 2.45) is 10.9 Å². The quantitative estimate of drug-likeness (QED) is 0.586. The molecular formula is C20H23FN4O5S. The van der Waals surface area contributed by atoms with Gasteiger partial charge in [0.1, 0.15) is 17.6 Å². The summed E-state index contributed by atoms with van der Waals surface area (Å²) in [6, 6.07) is 2.37. The molecule has 1 aromatic rings. The number of thioether (sulfide) groups is 1. The van der Waals surface area contributed by atoms with Crippen LogP contribution in [0, 0.1) is 11.7 Å². The first-order valence-corrected chi connectivity index (χ1v) is 10.6. The predicted octanol–water partition coefficient (Wildman–Crippen LogP) is 2.59. The number of benzene rings is 1. The highest BCUT2D eigenvalue weighted by Gasteiger charge is 2.28. The SMILES string of the molecule is CC(C)[C@H](NC(=O)Oc1cc(F)ccc1C=C1SC(N2CCCCN2)=NC1=O)C(=O)O. The average Bonchev–Trinajstić information content (AvgIpc) is 3.09. The number of amidine groups is 1. The van der Waals surface area contributed by atoms with Crippen LogP contribution in [0.5, 0.6) is 5.75 Å². The van der Waals surface area contributed by atoms with Gasteiger partial charge in [-0.3, -0.25) is 9.80 Å². The molecule has 1 aromatic carbocycles. The minimum Gasteiger partial charge on any atom is -0.480 e. The van der Waals surface area contributed by atoms with Crippen molar-refractivity contribution >= 4 is 41.0 Å². The molecular weight excluding hydrogens is 427 g/mol. The van der Waals surface area contributed by atoms with Gasteiger partial charge in [0.05, 0.1) is 4.91 Å². The van der Waals surface area contributed by atoms with Crippen LogP contribution in [0.25, 0.3) is 6.08 Å². The second kappa shape index (κ2) is 9.92. The van der Waals surface area contributed by atoms with Crippen LogP contribution in [0.4, 0.5) is 9.18 Å². The zero-order valence-corrected chi connectivity index (χ0v) is 17.9. The largest absolute Gasteiger partial charge is 0.480 e. The Labute approximate surface area is 182 Å². The number of nitrogens with one attached hydrogen (secondary N) is 2. The summed E-state index contributed by atoms with van der Waals surface area (Å²) in [7, 11) is 0. The second-order valence-electron chi connectivity index (χ2n) is 7.35. The predicted molar refractivity (Wildman–Crippen MR) is 114 cm³/mol. The first-order chi connectivity index (χ1) is 14.7. The fraction of sp³-hybridized carbons (Fsp3) is 0.400. The molecule has 0 bridgehead atoms. The Balaban J connectivity index is 1.76. The zero-order valence-electron chi connectivity index (χ0n) is 17.1. The number of carboxylic acids is 1. The Kier molecular flexibility index (Phi) is 7.29. The van der Waals surface area contributed by atoms with Gasteiger partial charge >= 0.3 is 12.1 Å². The van der Waals surface area contributed by atoms with E-state index in [-0.39, 0.29) is 17.2 Å². The lowest BCUT2D eigenvalue weighted by Crippen LogP contribution is -2.45. The van der Waals surface area contributed by atoms with Gasteiger partial charge in [0.2, 0.25) is 0 Å². The summed E-state index contributed by atoms with van der Waals surface area (Å²) in [6.07, 6.45) is 2.46. The maximum absolute atomic E-state index is 13.8. The average molecular weight is 450 g/mol. The summed E-state index contributed by atoms with van der Waals surface area (Å²) >= 11 is 1.17. The first-order valence-electron chi connectivity index (χ1n) is 9.79. The molecule has 31 heavy (non-hydrogen) atoms. The Bertz CT molecular complexity index is 943. The van der Waals surface area contributed by atoms with Gasteiger partial charge in [0.25, 0.3) is 5.91 Å². The fourth-order valence-corrected chi connectivity index (χ4v) is 3.90. The molecule has 0 unspecified atom stereocenters. The highest BCUT2D eigenvalue weighted by Crippen LogP contribution is 2.32. The number of ether oxygens (including phenoxy) is 1. The van der Waals surface area contributed by atoms with Crippen LogP contribution >= 0.6 is 11.8 Å². The van der Waals surface area contributed by atoms with Gasteiger partial charge in [-0.25, -0.2) is 19.4 Å². The van der Waals surface area contributed by atoms with Crippen molar-refractivity contribution in [3.05, 3.63) is 34.5 Å². The summed E-state index contributed by atoms with van der Waals surface area (Å²) in [5, 5.41) is 13.8. The van der Waals surface area contributed by atoms with E-state index in [2.05, 4.69) is 15.7 Å². The van der Waals surface area contributed by atoms with E-state index in [4.69, 9.17) is 4.74 Å². The fourth-order valence-electron chi connectivity index (χ4n) is 2.99. The number of carboxylic acid groups (broad SMARTS) is 1. The minimum absolute atomic E-state index is 0.143. The lowest BCUT2D eigenvalue weighted by molar-refractivity contribution is -0.140. The van der Waals surface area contributed by atoms with Crippen molar-refractivity contribution in [2.45, 2.75) is 32.7 Å². The number of carbonyl (C=O) groups is 3. The van der Waals surface area contributed by atoms with Crippen LogP contribution in [0.2, 0.25) is 0 Å². The van der Waals surface area contributed by atoms with E-state index in [0.29, 0.717) is 10.1 Å². The highest BCUT2D eigenvalue weighted by molar-refractivity contribution is 8.18. The number of nitrogens with zero attached hydrogens (tertiary/aromatic N) is 2. The number of amides is 2. The molecule has 166 valence electrons. The van der Waals surface area contributed by atoms with Crippen LogP contribution in [0.1, 0.15) is 32.3 Å². The third-order valence-electron chi connectivity index (χ3n) is 4.62. The van der Waals surface area contributed by atoms with E-state index in [9.17, 15) is 23.9 Å². The van der Waals surface area contributed by atoms with Crippen molar-refractivity contribution < 1.29 is 28.6 Å². The Morgan fingerprint density at radius 2 is 2.16 bits per heavy atom. The number of rotatable bonds is 5. The van der Waals surface area contributed by atoms with Gasteiger partial charge in [0, 0.05) is 24.7 Å². The molecule has 1 saturated heterocycles. The third kappa shape index (κ3) is 5.82. The molecule has 0 radical (unpaired) electrons. The number of hydrogen-bond acceptors (Lipinski definition) is 7. The normalized spacial score (nSPS) is 18.8. The topological polar surface area (TPSA) is 120 Å². The number of halogens is 1. The second-order valence-corrected chi connectivity index (χ2v) is 8.36. The molecule has 0 saturated carbocycles. The lowest BCUT2D eigenvalue weighted by Gasteiger charge is -2.28. The van der Waals surface area contributed by atoms with Crippen LogP contribution in [0.15, 0.2) is 28.1 Å². The van der Waals surface area contributed by atoms with E-state index < -0.39 is 29.8 Å². The summed E-state index contributed by atoms with van der Waals surface area (Å²) in [6.45, 7) is 4.80. The molecule has 11 heteroatoms. The summed E-state index contributed by atoms with van der Waals surface area (Å²) in [5.41, 5.74) is 3.46. The van der Waals surface area contributed by atoms with Gasteiger partial charge < -0.3 is 15.2 Å². The van der Waals surface area contributed by atoms with Crippen LogP contribution in [0.3, 0.4) is 0 Å². The molecule has 2 heterocycles. The molecule has 2 aliphatic rings. The molecule has 0 aliphatic carbocycles. The highest BCUT2D eigenvalue weighted by atomic mass is 32.2. The Morgan fingerprint density at radius 1 is 1.39 bits per heavy atom. The van der Waals surface area contributed by atoms with E-state index >= 15 is 0 Å². The van der Waals surface area contributed by atoms with Crippen molar-refractivity contribution in [1.29, 1.82) is 0 Å². The molecule has 1 atom stereocenters. The van der Waals surface area contributed by atoms with Crippen LogP contribution in [-0.4, -0.2) is 52.4 Å². The molecule has 1 fully saturated rings. The minimum atomic E-state index is -1.21. The van der Waals surface area contributed by atoms with E-state index in [1.165, 1.54) is 30.0 Å². The maximum Gasteiger partial charge on any atom is 0.413 e. The van der Waals surface area contributed by atoms with E-state index in [1.807, 2.05) is 5.01 Å². The van der Waals surface area contributed by atoms with Crippen molar-refractivity contribution in [2.75, 3.05) is 13.1 Å². The number of aliphatic carboxylic acids is 1. The van der Waals surface area contributed by atoms with Gasteiger partial charge in [-0.2, -0.15) is 4.99 Å². The molecule has 3 N–H and O–H groups in total. The van der Waals surface area contributed by atoms with E-state index in [0.717, 1.165) is 32.0 Å². The third-order valence-corrected chi connectivity index (χ3v) is 5.63. The maximum atomic E-state index is 13.8. The van der Waals surface area contributed by atoms with Crippen molar-refractivity contribution in [3.8, 4) is 5.75 Å². The number of aliphatic imine (C=N–C) groups is 1. The van der Waals surface area contributed by atoms with Gasteiger partial charge in [-0.1, -0.05) is 13.8 Å². The lowest BCUT2D eigenvalue weighted by atomic mass is 10.1. The number of carbonyl (C=O) groups excluding carboxylic acids is 2. The van der Waals surface area contributed by atoms with Crippen molar-refractivity contribution in [3.63, 3.8) is 0 Å². The van der Waals surface area contributed by atoms with Crippen LogP contribution in [-0.2, 0) is 9.59 Å². The van der Waals surface area contributed by atoms with Crippen molar-refractivity contribution in [1.82, 2.24) is 15.8 Å². The molecule has 2 aliphatic heterocycles. The Hall–Kier alpha value is -2.92. The summed E-state index contributed by atoms with van der Waals surface area (Å²) in [5.74, 6) is -2.83. The Morgan fingerprint density at radius 3 is 2.81 bits per heavy atom. The van der Waals surface area contributed by atoms with Crippen LogP contribution < -0.4 is 15.5 Å².